The quantitative estimate of drug-likeness (QED) is 0.489. The zero-order valence-electron chi connectivity index (χ0n) is 22.4. The zero-order chi connectivity index (χ0) is 26.0. The van der Waals surface area contributed by atoms with Crippen LogP contribution in [0.2, 0.25) is 18.1 Å². The monoisotopic (exact) mass is 502 g/mol. The molecule has 194 valence electrons. The van der Waals surface area contributed by atoms with E-state index in [1.807, 2.05) is 37.3 Å². The van der Waals surface area contributed by atoms with Crippen LogP contribution >= 0.6 is 0 Å². The molecule has 0 radical (unpaired) electrons. The van der Waals surface area contributed by atoms with Crippen molar-refractivity contribution >= 4 is 14.2 Å². The molecule has 35 heavy (non-hydrogen) atoms. The molecule has 1 saturated heterocycles. The van der Waals surface area contributed by atoms with Crippen molar-refractivity contribution in [1.82, 2.24) is 20.4 Å². The summed E-state index contributed by atoms with van der Waals surface area (Å²) in [5, 5.41) is 22.1. The van der Waals surface area contributed by atoms with Crippen molar-refractivity contribution in [2.45, 2.75) is 109 Å². The molecule has 0 saturated carbocycles. The number of aromatic nitrogens is 2. The molecular formula is C26H42N4O4Si. The van der Waals surface area contributed by atoms with Crippen LogP contribution in [0, 0.1) is 0 Å². The Morgan fingerprint density at radius 3 is 2.51 bits per heavy atom. The highest BCUT2D eigenvalue weighted by atomic mass is 28.4. The van der Waals surface area contributed by atoms with Crippen LogP contribution in [-0.4, -0.2) is 58.2 Å². The van der Waals surface area contributed by atoms with Crippen LogP contribution in [0.4, 0.5) is 0 Å². The van der Waals surface area contributed by atoms with E-state index < -0.39 is 32.1 Å². The fourth-order valence-corrected chi connectivity index (χ4v) is 6.17. The summed E-state index contributed by atoms with van der Waals surface area (Å²) in [6, 6.07) is 9.56. The summed E-state index contributed by atoms with van der Waals surface area (Å²) in [7, 11) is -2.14. The number of hydrogen-bond acceptors (Lipinski definition) is 7. The largest absolute Gasteiger partial charge is 0.426 e. The number of nitrogens with one attached hydrogen (secondary N) is 1. The molecule has 1 aliphatic heterocycles. The second-order valence-corrected chi connectivity index (χ2v) is 16.2. The fourth-order valence-electron chi connectivity index (χ4n) is 4.75. The number of aliphatic hydroxyl groups excluding tert-OH is 1. The molecule has 5 atom stereocenters. The van der Waals surface area contributed by atoms with Gasteiger partial charge in [0, 0.05) is 12.6 Å². The van der Waals surface area contributed by atoms with E-state index in [1.54, 1.807) is 6.92 Å². The number of benzene rings is 1. The van der Waals surface area contributed by atoms with Gasteiger partial charge < -0.3 is 19.3 Å². The SMILES string of the molecule is CC1CCC(C(=O)N[C@H](c2nnco2)[C@@H](C)O[Si](C)(C)C(C)(C)C)(C(C)O)N1Cc1ccccc1. The van der Waals surface area contributed by atoms with Crippen LogP contribution in [0.15, 0.2) is 41.1 Å². The van der Waals surface area contributed by atoms with E-state index in [9.17, 15) is 9.90 Å². The maximum absolute atomic E-state index is 14.1. The van der Waals surface area contributed by atoms with E-state index in [0.717, 1.165) is 12.0 Å². The third-order valence-corrected chi connectivity index (χ3v) is 12.5. The average Bonchev–Trinajstić information content (AvgIpc) is 3.41. The second kappa shape index (κ2) is 10.5. The van der Waals surface area contributed by atoms with Crippen molar-refractivity contribution in [2.75, 3.05) is 0 Å². The van der Waals surface area contributed by atoms with Crippen LogP contribution in [0.3, 0.4) is 0 Å². The highest BCUT2D eigenvalue weighted by Gasteiger charge is 2.54. The Balaban J connectivity index is 1.92. The molecule has 3 unspecified atom stereocenters. The summed E-state index contributed by atoms with van der Waals surface area (Å²) in [5.74, 6) is 0.0487. The van der Waals surface area contributed by atoms with E-state index in [-0.39, 0.29) is 17.0 Å². The van der Waals surface area contributed by atoms with Gasteiger partial charge >= 0.3 is 0 Å². The molecule has 1 aromatic carbocycles. The predicted octanol–water partition coefficient (Wildman–Crippen LogP) is 4.44. The minimum atomic E-state index is -2.14. The Bertz CT molecular complexity index is 961. The Morgan fingerprint density at radius 1 is 1.31 bits per heavy atom. The lowest BCUT2D eigenvalue weighted by atomic mass is 9.88. The third kappa shape index (κ3) is 5.68. The molecule has 1 fully saturated rings. The van der Waals surface area contributed by atoms with Crippen LogP contribution < -0.4 is 5.32 Å². The molecule has 8 nitrogen and oxygen atoms in total. The van der Waals surface area contributed by atoms with Gasteiger partial charge in [0.15, 0.2) is 8.32 Å². The summed E-state index contributed by atoms with van der Waals surface area (Å²) < 4.78 is 12.1. The summed E-state index contributed by atoms with van der Waals surface area (Å²) in [6.07, 6.45) is 1.35. The first-order valence-corrected chi connectivity index (χ1v) is 15.4. The number of rotatable bonds is 9. The van der Waals surface area contributed by atoms with E-state index in [2.05, 4.69) is 61.2 Å². The minimum Gasteiger partial charge on any atom is -0.426 e. The topological polar surface area (TPSA) is 101 Å². The van der Waals surface area contributed by atoms with Crippen molar-refractivity contribution in [3.8, 4) is 0 Å². The maximum atomic E-state index is 14.1. The lowest BCUT2D eigenvalue weighted by molar-refractivity contribution is -0.142. The number of likely N-dealkylation sites (tertiary alicyclic amines) is 1. The molecule has 0 aliphatic carbocycles. The fraction of sp³-hybridized carbons (Fsp3) is 0.654. The molecule has 2 heterocycles. The molecule has 2 N–H and O–H groups in total. The summed E-state index contributed by atoms with van der Waals surface area (Å²) in [4.78, 5) is 16.2. The van der Waals surface area contributed by atoms with E-state index in [1.165, 1.54) is 6.39 Å². The van der Waals surface area contributed by atoms with Crippen LogP contribution in [0.25, 0.3) is 0 Å². The minimum absolute atomic E-state index is 0.00113. The first kappa shape index (κ1) is 27.5. The number of carbonyl (C=O) groups excluding carboxylic acids is 1. The predicted molar refractivity (Wildman–Crippen MR) is 138 cm³/mol. The number of amides is 1. The normalized spacial score (nSPS) is 24.2. The molecule has 1 amide bonds. The molecular weight excluding hydrogens is 460 g/mol. The van der Waals surface area contributed by atoms with Gasteiger partial charge in [0.1, 0.15) is 11.6 Å². The van der Waals surface area contributed by atoms with Gasteiger partial charge in [-0.25, -0.2) is 0 Å². The van der Waals surface area contributed by atoms with Gasteiger partial charge in [0.05, 0.1) is 12.2 Å². The molecule has 0 bridgehead atoms. The van der Waals surface area contributed by atoms with Crippen molar-refractivity contribution < 1.29 is 18.7 Å². The highest BCUT2D eigenvalue weighted by molar-refractivity contribution is 6.74. The first-order chi connectivity index (χ1) is 16.3. The van der Waals surface area contributed by atoms with Gasteiger partial charge in [0.2, 0.25) is 18.2 Å². The van der Waals surface area contributed by atoms with Crippen molar-refractivity contribution in [3.63, 3.8) is 0 Å². The van der Waals surface area contributed by atoms with Crippen LogP contribution in [0.1, 0.15) is 71.9 Å². The number of aliphatic hydroxyl groups is 1. The van der Waals surface area contributed by atoms with Gasteiger partial charge in [-0.2, -0.15) is 0 Å². The number of carbonyl (C=O) groups is 1. The van der Waals surface area contributed by atoms with E-state index in [0.29, 0.717) is 18.9 Å². The standard InChI is InChI=1S/C26H42N4O4Si/c1-18-14-15-26(20(3)31,30(18)16-21-12-10-9-11-13-21)24(32)28-22(23-29-27-17-33-23)19(2)34-35(7,8)25(4,5)6/h9-13,17-20,22,31H,14-16H2,1-8H3,(H,28,32)/t18?,19-,20?,22+,26?/m1/s1. The van der Waals surface area contributed by atoms with Gasteiger partial charge in [-0.3, -0.25) is 9.69 Å². The van der Waals surface area contributed by atoms with Crippen molar-refractivity contribution in [3.05, 3.63) is 48.2 Å². The zero-order valence-corrected chi connectivity index (χ0v) is 23.4. The lowest BCUT2D eigenvalue weighted by Gasteiger charge is -2.43. The average molecular weight is 503 g/mol. The summed E-state index contributed by atoms with van der Waals surface area (Å²) in [6.45, 7) is 17.2. The Kier molecular flexibility index (Phi) is 8.25. The maximum Gasteiger partial charge on any atom is 0.243 e. The van der Waals surface area contributed by atoms with Crippen LogP contribution in [-0.2, 0) is 15.8 Å². The number of nitrogens with zero attached hydrogens (tertiary/aromatic N) is 3. The Morgan fingerprint density at radius 2 is 1.97 bits per heavy atom. The molecule has 2 aromatic rings. The van der Waals surface area contributed by atoms with Gasteiger partial charge in [-0.15, -0.1) is 10.2 Å². The smallest absolute Gasteiger partial charge is 0.243 e. The lowest BCUT2D eigenvalue weighted by Crippen LogP contribution is -2.63. The molecule has 1 aromatic heterocycles. The van der Waals surface area contributed by atoms with Gasteiger partial charge in [-0.1, -0.05) is 51.1 Å². The summed E-state index contributed by atoms with van der Waals surface area (Å²) in [5.41, 5.74) is 0.0201. The Labute approximate surface area is 210 Å². The van der Waals surface area contributed by atoms with E-state index in [4.69, 9.17) is 8.84 Å². The Hall–Kier alpha value is -2.07. The van der Waals surface area contributed by atoms with Crippen LogP contribution in [0.5, 0.6) is 0 Å². The first-order valence-electron chi connectivity index (χ1n) is 12.5. The number of hydrogen-bond donors (Lipinski definition) is 2. The molecule has 0 spiro atoms. The van der Waals surface area contributed by atoms with Gasteiger partial charge in [0.25, 0.3) is 0 Å². The molecule has 9 heteroatoms. The van der Waals surface area contributed by atoms with E-state index >= 15 is 0 Å². The molecule has 1 aliphatic rings. The second-order valence-electron chi connectivity index (χ2n) is 11.4. The summed E-state index contributed by atoms with van der Waals surface area (Å²) >= 11 is 0. The van der Waals surface area contributed by atoms with Gasteiger partial charge in [-0.05, 0) is 57.3 Å². The highest BCUT2D eigenvalue weighted by Crippen LogP contribution is 2.41. The third-order valence-electron chi connectivity index (χ3n) is 7.95. The molecule has 3 rings (SSSR count). The van der Waals surface area contributed by atoms with Crippen molar-refractivity contribution in [1.29, 1.82) is 0 Å². The van der Waals surface area contributed by atoms with Crippen molar-refractivity contribution in [2.24, 2.45) is 0 Å².